The molecule has 1 saturated heterocycles. The van der Waals surface area contributed by atoms with Gasteiger partial charge >= 0.3 is 0 Å². The zero-order valence-corrected chi connectivity index (χ0v) is 22.6. The van der Waals surface area contributed by atoms with E-state index in [1.165, 1.54) is 29.7 Å². The Morgan fingerprint density at radius 2 is 2.05 bits per heavy atom. The number of ether oxygens (including phenoxy) is 2. The molecule has 0 radical (unpaired) electrons. The van der Waals surface area contributed by atoms with Crippen LogP contribution in [0.4, 0.5) is 4.39 Å². The van der Waals surface area contributed by atoms with Crippen LogP contribution in [0.2, 0.25) is 5.02 Å². The van der Waals surface area contributed by atoms with E-state index in [4.69, 9.17) is 21.1 Å². The van der Waals surface area contributed by atoms with Gasteiger partial charge in [0.2, 0.25) is 11.5 Å². The van der Waals surface area contributed by atoms with Crippen molar-refractivity contribution in [3.05, 3.63) is 117 Å². The van der Waals surface area contributed by atoms with Gasteiger partial charge in [-0.2, -0.15) is 5.26 Å². The van der Waals surface area contributed by atoms with Crippen molar-refractivity contribution in [1.29, 1.82) is 5.26 Å². The van der Waals surface area contributed by atoms with Gasteiger partial charge in [-0.3, -0.25) is 14.5 Å². The van der Waals surface area contributed by atoms with Gasteiger partial charge in [-0.15, -0.1) is 0 Å². The summed E-state index contributed by atoms with van der Waals surface area (Å²) in [5, 5.41) is 9.63. The molecule has 1 fully saturated rings. The van der Waals surface area contributed by atoms with Crippen molar-refractivity contribution >= 4 is 23.3 Å². The highest BCUT2D eigenvalue weighted by Gasteiger charge is 2.55. The molecule has 1 amide bonds. The van der Waals surface area contributed by atoms with Gasteiger partial charge in [-0.05, 0) is 42.3 Å². The van der Waals surface area contributed by atoms with Gasteiger partial charge in [0.1, 0.15) is 23.3 Å². The molecule has 2 aliphatic heterocycles. The number of benzene rings is 2. The highest BCUT2D eigenvalue weighted by Crippen LogP contribution is 2.49. The van der Waals surface area contributed by atoms with E-state index < -0.39 is 29.3 Å². The molecule has 0 unspecified atom stereocenters. The first kappa shape index (κ1) is 26.8. The lowest BCUT2D eigenvalue weighted by Crippen LogP contribution is -2.49. The normalized spacial score (nSPS) is 19.8. The number of carbonyl (C=O) groups excluding carboxylic acids is 2. The highest BCUT2D eigenvalue weighted by molar-refractivity contribution is 6.30. The zero-order chi connectivity index (χ0) is 28.7. The molecule has 41 heavy (non-hydrogen) atoms. The molecule has 2 aromatic heterocycles. The summed E-state index contributed by atoms with van der Waals surface area (Å²) in [4.78, 5) is 37.1. The third-order valence-electron chi connectivity index (χ3n) is 7.23. The van der Waals surface area contributed by atoms with E-state index in [-0.39, 0.29) is 41.2 Å². The van der Waals surface area contributed by atoms with Crippen molar-refractivity contribution in [3.63, 3.8) is 0 Å². The maximum Gasteiger partial charge on any atom is 0.257 e. The largest absolute Gasteiger partial charge is 0.379 e. The molecule has 6 rings (SSSR count). The fourth-order valence-electron chi connectivity index (χ4n) is 5.32. The number of nitriles is 1. The lowest BCUT2D eigenvalue weighted by atomic mass is 9.90. The number of amides is 1. The molecule has 2 aromatic carbocycles. The SMILES string of the molecule is Cn1cnc(C(=O)c2cc(F)c3c(c2)C(=O)N(Cc2ccc(C#N)nc2)[C@@]3(O[C@H]2CCOC2)c2ccc(Cl)cc2)c1. The van der Waals surface area contributed by atoms with Crippen molar-refractivity contribution in [3.8, 4) is 6.07 Å². The standard InChI is InChI=1S/C30H23ClFN5O4/c1-36-15-26(35-17-36)28(38)19-10-24-27(25(32)11-19)30(41-23-8-9-40-16-23,20-3-5-21(31)6-4-20)37(29(24)39)14-18-2-7-22(12-33)34-13-18/h2-7,10-11,13,15,17,23H,8-9,14,16H2,1H3/t23-,30+/m0/s1. The van der Waals surface area contributed by atoms with Crippen LogP contribution in [-0.2, 0) is 28.8 Å². The molecule has 2 aliphatic rings. The Morgan fingerprint density at radius 1 is 1.24 bits per heavy atom. The van der Waals surface area contributed by atoms with Crippen LogP contribution in [0, 0.1) is 17.1 Å². The minimum Gasteiger partial charge on any atom is -0.379 e. The average molecular weight is 572 g/mol. The first-order valence-corrected chi connectivity index (χ1v) is 13.2. The number of aromatic nitrogens is 3. The second-order valence-electron chi connectivity index (χ2n) is 9.94. The zero-order valence-electron chi connectivity index (χ0n) is 21.9. The molecule has 4 aromatic rings. The predicted octanol–water partition coefficient (Wildman–Crippen LogP) is 4.37. The summed E-state index contributed by atoms with van der Waals surface area (Å²) in [6.45, 7) is 0.704. The van der Waals surface area contributed by atoms with Crippen LogP contribution in [0.3, 0.4) is 0 Å². The molecule has 2 atom stereocenters. The molecule has 0 spiro atoms. The van der Waals surface area contributed by atoms with Crippen molar-refractivity contribution in [2.75, 3.05) is 13.2 Å². The topological polar surface area (TPSA) is 110 Å². The summed E-state index contributed by atoms with van der Waals surface area (Å²) in [7, 11) is 1.72. The van der Waals surface area contributed by atoms with Gasteiger partial charge in [-0.25, -0.2) is 14.4 Å². The number of imidazole rings is 1. The van der Waals surface area contributed by atoms with Crippen molar-refractivity contribution in [2.45, 2.75) is 24.8 Å². The summed E-state index contributed by atoms with van der Waals surface area (Å²) in [5.41, 5.74) is -0.303. The minimum atomic E-state index is -1.71. The van der Waals surface area contributed by atoms with E-state index in [2.05, 4.69) is 9.97 Å². The summed E-state index contributed by atoms with van der Waals surface area (Å²) in [6.07, 6.45) is 4.59. The number of fused-ring (bicyclic) bond motifs is 1. The third-order valence-corrected chi connectivity index (χ3v) is 7.48. The Kier molecular flexibility index (Phi) is 6.87. The molecule has 0 N–H and O–H groups in total. The van der Waals surface area contributed by atoms with Crippen LogP contribution in [0.15, 0.2) is 67.3 Å². The van der Waals surface area contributed by atoms with Gasteiger partial charge in [0, 0.05) is 42.2 Å². The van der Waals surface area contributed by atoms with E-state index in [1.807, 2.05) is 6.07 Å². The van der Waals surface area contributed by atoms with Crippen molar-refractivity contribution in [2.24, 2.45) is 7.05 Å². The predicted molar refractivity (Wildman–Crippen MR) is 144 cm³/mol. The molecule has 4 heterocycles. The number of carbonyl (C=O) groups is 2. The Hall–Kier alpha value is -4.43. The van der Waals surface area contributed by atoms with E-state index in [9.17, 15) is 14.9 Å². The Morgan fingerprint density at radius 3 is 2.68 bits per heavy atom. The maximum absolute atomic E-state index is 16.4. The summed E-state index contributed by atoms with van der Waals surface area (Å²) in [6, 6.07) is 14.4. The first-order chi connectivity index (χ1) is 19.8. The molecular formula is C30H23ClFN5O4. The maximum atomic E-state index is 16.4. The van der Waals surface area contributed by atoms with Crippen LogP contribution in [0.5, 0.6) is 0 Å². The number of rotatable bonds is 7. The monoisotopic (exact) mass is 571 g/mol. The molecule has 0 aliphatic carbocycles. The van der Waals surface area contributed by atoms with Crippen LogP contribution >= 0.6 is 11.6 Å². The fourth-order valence-corrected chi connectivity index (χ4v) is 5.44. The Bertz CT molecular complexity index is 1690. The molecular weight excluding hydrogens is 549 g/mol. The fraction of sp³-hybridized carbons (Fsp3) is 0.233. The van der Waals surface area contributed by atoms with Crippen LogP contribution in [0.1, 0.15) is 55.2 Å². The second-order valence-corrected chi connectivity index (χ2v) is 10.4. The smallest absolute Gasteiger partial charge is 0.257 e. The molecule has 11 heteroatoms. The average Bonchev–Trinajstić information content (AvgIpc) is 3.70. The van der Waals surface area contributed by atoms with Gasteiger partial charge in [-0.1, -0.05) is 29.8 Å². The summed E-state index contributed by atoms with van der Waals surface area (Å²) >= 11 is 6.21. The Balaban J connectivity index is 1.55. The van der Waals surface area contributed by atoms with Crippen molar-refractivity contribution in [1.82, 2.24) is 19.4 Å². The minimum absolute atomic E-state index is 0.000231. The first-order valence-electron chi connectivity index (χ1n) is 12.9. The number of hydrogen-bond acceptors (Lipinski definition) is 7. The molecule has 9 nitrogen and oxygen atoms in total. The second kappa shape index (κ2) is 10.5. The van der Waals surface area contributed by atoms with E-state index in [1.54, 1.807) is 48.0 Å². The quantitative estimate of drug-likeness (QED) is 0.303. The third kappa shape index (κ3) is 4.68. The van der Waals surface area contributed by atoms with Gasteiger partial charge in [0.05, 0.1) is 36.7 Å². The number of pyridine rings is 1. The van der Waals surface area contributed by atoms with Crippen LogP contribution in [-0.4, -0.2) is 50.4 Å². The van der Waals surface area contributed by atoms with E-state index in [0.717, 1.165) is 6.07 Å². The van der Waals surface area contributed by atoms with Crippen molar-refractivity contribution < 1.29 is 23.5 Å². The molecule has 206 valence electrons. The van der Waals surface area contributed by atoms with Crippen LogP contribution in [0.25, 0.3) is 0 Å². The van der Waals surface area contributed by atoms with Gasteiger partial charge < -0.3 is 14.0 Å². The van der Waals surface area contributed by atoms with Crippen LogP contribution < -0.4 is 0 Å². The number of nitrogens with zero attached hydrogens (tertiary/aromatic N) is 5. The summed E-state index contributed by atoms with van der Waals surface area (Å²) in [5.74, 6) is -1.82. The molecule has 0 saturated carbocycles. The van der Waals surface area contributed by atoms with E-state index >= 15 is 4.39 Å². The highest BCUT2D eigenvalue weighted by atomic mass is 35.5. The number of hydrogen-bond donors (Lipinski definition) is 0. The van der Waals surface area contributed by atoms with E-state index in [0.29, 0.717) is 29.2 Å². The number of ketones is 1. The lowest BCUT2D eigenvalue weighted by Gasteiger charge is -2.41. The Labute approximate surface area is 239 Å². The molecule has 0 bridgehead atoms. The number of aryl methyl sites for hydroxylation is 1. The summed E-state index contributed by atoms with van der Waals surface area (Å²) < 4.78 is 30.3. The number of halogens is 2. The van der Waals surface area contributed by atoms with Gasteiger partial charge in [0.15, 0.2) is 0 Å². The lowest BCUT2D eigenvalue weighted by molar-refractivity contribution is -0.148. The van der Waals surface area contributed by atoms with Gasteiger partial charge in [0.25, 0.3) is 5.91 Å².